The van der Waals surface area contributed by atoms with Gasteiger partial charge in [-0.2, -0.15) is 0 Å². The molecule has 0 radical (unpaired) electrons. The Morgan fingerprint density at radius 1 is 1.39 bits per heavy atom. The fraction of sp³-hybridized carbons (Fsp3) is 0.571. The molecule has 0 aliphatic carbocycles. The molecule has 1 aliphatic heterocycles. The SMILES string of the molecule is CC(N)C1CN(Cc2ccc(CO)cc2)CCO1. The van der Waals surface area contributed by atoms with Gasteiger partial charge in [0.05, 0.1) is 19.3 Å². The largest absolute Gasteiger partial charge is 0.392 e. The Morgan fingerprint density at radius 3 is 2.67 bits per heavy atom. The van der Waals surface area contributed by atoms with E-state index in [0.717, 1.165) is 31.8 Å². The van der Waals surface area contributed by atoms with Crippen LogP contribution < -0.4 is 5.73 Å². The maximum Gasteiger partial charge on any atom is 0.0850 e. The first-order valence-electron chi connectivity index (χ1n) is 6.47. The van der Waals surface area contributed by atoms with Gasteiger partial charge in [0.15, 0.2) is 0 Å². The third-order valence-electron chi connectivity index (χ3n) is 3.38. The van der Waals surface area contributed by atoms with Gasteiger partial charge in [0.1, 0.15) is 0 Å². The van der Waals surface area contributed by atoms with Crippen LogP contribution in [-0.4, -0.2) is 41.8 Å². The first kappa shape index (κ1) is 13.5. The first-order chi connectivity index (χ1) is 8.69. The second-order valence-corrected chi connectivity index (χ2v) is 4.98. The van der Waals surface area contributed by atoms with Crippen LogP contribution in [0.4, 0.5) is 0 Å². The molecule has 0 bridgehead atoms. The molecule has 4 heteroatoms. The van der Waals surface area contributed by atoms with E-state index in [1.807, 2.05) is 19.1 Å². The van der Waals surface area contributed by atoms with Gasteiger partial charge >= 0.3 is 0 Å². The van der Waals surface area contributed by atoms with E-state index >= 15 is 0 Å². The zero-order valence-electron chi connectivity index (χ0n) is 10.9. The summed E-state index contributed by atoms with van der Waals surface area (Å²) in [6.07, 6.45) is 0.135. The number of nitrogens with zero attached hydrogens (tertiary/aromatic N) is 1. The predicted molar refractivity (Wildman–Crippen MR) is 71.0 cm³/mol. The highest BCUT2D eigenvalue weighted by Crippen LogP contribution is 2.13. The zero-order chi connectivity index (χ0) is 13.0. The maximum atomic E-state index is 9.00. The quantitative estimate of drug-likeness (QED) is 0.827. The number of benzene rings is 1. The van der Waals surface area contributed by atoms with Crippen molar-refractivity contribution in [2.45, 2.75) is 32.2 Å². The highest BCUT2D eigenvalue weighted by atomic mass is 16.5. The number of hydrogen-bond donors (Lipinski definition) is 2. The Hall–Kier alpha value is -0.940. The second kappa shape index (κ2) is 6.29. The lowest BCUT2D eigenvalue weighted by Crippen LogP contribution is -2.49. The normalized spacial score (nSPS) is 22.9. The van der Waals surface area contributed by atoms with Crippen LogP contribution in [0, 0.1) is 0 Å². The smallest absolute Gasteiger partial charge is 0.0850 e. The second-order valence-electron chi connectivity index (χ2n) is 4.98. The van der Waals surface area contributed by atoms with Gasteiger partial charge in [0.2, 0.25) is 0 Å². The molecular formula is C14H22N2O2. The molecule has 0 aromatic heterocycles. The topological polar surface area (TPSA) is 58.7 Å². The summed E-state index contributed by atoms with van der Waals surface area (Å²) in [7, 11) is 0. The molecule has 1 heterocycles. The minimum absolute atomic E-state index is 0.0737. The number of hydrogen-bond acceptors (Lipinski definition) is 4. The Bertz CT molecular complexity index is 365. The van der Waals surface area contributed by atoms with E-state index in [9.17, 15) is 0 Å². The van der Waals surface area contributed by atoms with E-state index in [2.05, 4.69) is 17.0 Å². The average Bonchev–Trinajstić information content (AvgIpc) is 2.40. The lowest BCUT2D eigenvalue weighted by Gasteiger charge is -2.34. The van der Waals surface area contributed by atoms with Crippen molar-refractivity contribution in [1.82, 2.24) is 4.90 Å². The van der Waals surface area contributed by atoms with Crippen LogP contribution >= 0.6 is 0 Å². The van der Waals surface area contributed by atoms with Gasteiger partial charge in [0, 0.05) is 25.7 Å². The Kier molecular flexibility index (Phi) is 4.72. The lowest BCUT2D eigenvalue weighted by molar-refractivity contribution is -0.0403. The summed E-state index contributed by atoms with van der Waals surface area (Å²) >= 11 is 0. The van der Waals surface area contributed by atoms with E-state index in [0.29, 0.717) is 0 Å². The van der Waals surface area contributed by atoms with E-state index in [4.69, 9.17) is 15.6 Å². The van der Waals surface area contributed by atoms with Crippen LogP contribution in [0.1, 0.15) is 18.1 Å². The number of aliphatic hydroxyl groups excluding tert-OH is 1. The molecule has 2 atom stereocenters. The molecule has 1 aromatic carbocycles. The van der Waals surface area contributed by atoms with Crippen LogP contribution in [0.15, 0.2) is 24.3 Å². The zero-order valence-corrected chi connectivity index (χ0v) is 10.9. The molecule has 4 nitrogen and oxygen atoms in total. The van der Waals surface area contributed by atoms with E-state index < -0.39 is 0 Å². The molecule has 1 fully saturated rings. The number of morpholine rings is 1. The highest BCUT2D eigenvalue weighted by Gasteiger charge is 2.23. The molecule has 2 unspecified atom stereocenters. The van der Waals surface area contributed by atoms with E-state index in [1.54, 1.807) is 0 Å². The van der Waals surface area contributed by atoms with E-state index in [-0.39, 0.29) is 18.8 Å². The van der Waals surface area contributed by atoms with Gasteiger partial charge in [-0.15, -0.1) is 0 Å². The first-order valence-corrected chi connectivity index (χ1v) is 6.47. The summed E-state index contributed by atoms with van der Waals surface area (Å²) in [6.45, 7) is 5.60. The number of rotatable bonds is 4. The summed E-state index contributed by atoms with van der Waals surface area (Å²) in [6, 6.07) is 8.16. The van der Waals surface area contributed by atoms with Gasteiger partial charge in [0.25, 0.3) is 0 Å². The van der Waals surface area contributed by atoms with E-state index in [1.165, 1.54) is 5.56 Å². The molecule has 0 saturated carbocycles. The van der Waals surface area contributed by atoms with Crippen molar-refractivity contribution >= 4 is 0 Å². The van der Waals surface area contributed by atoms with Crippen LogP contribution in [-0.2, 0) is 17.9 Å². The van der Waals surface area contributed by atoms with Crippen LogP contribution in [0.3, 0.4) is 0 Å². The molecule has 1 aliphatic rings. The molecule has 1 saturated heterocycles. The van der Waals surface area contributed by atoms with Crippen molar-refractivity contribution in [2.24, 2.45) is 5.73 Å². The van der Waals surface area contributed by atoms with Crippen molar-refractivity contribution in [3.63, 3.8) is 0 Å². The molecule has 2 rings (SSSR count). The minimum Gasteiger partial charge on any atom is -0.392 e. The minimum atomic E-state index is 0.0737. The van der Waals surface area contributed by atoms with Crippen molar-refractivity contribution < 1.29 is 9.84 Å². The highest BCUT2D eigenvalue weighted by molar-refractivity contribution is 5.21. The molecular weight excluding hydrogens is 228 g/mol. The molecule has 18 heavy (non-hydrogen) atoms. The monoisotopic (exact) mass is 250 g/mol. The summed E-state index contributed by atoms with van der Waals surface area (Å²) in [5, 5.41) is 9.00. The molecule has 0 amide bonds. The fourth-order valence-corrected chi connectivity index (χ4v) is 2.20. The summed E-state index contributed by atoms with van der Waals surface area (Å²) < 4.78 is 5.64. The Labute approximate surface area is 108 Å². The van der Waals surface area contributed by atoms with Crippen molar-refractivity contribution in [3.05, 3.63) is 35.4 Å². The van der Waals surface area contributed by atoms with Crippen LogP contribution in [0.2, 0.25) is 0 Å². The van der Waals surface area contributed by atoms with Crippen LogP contribution in [0.5, 0.6) is 0 Å². The summed E-state index contributed by atoms with van der Waals surface area (Å²) in [5.74, 6) is 0. The van der Waals surface area contributed by atoms with Crippen molar-refractivity contribution in [2.75, 3.05) is 19.7 Å². The van der Waals surface area contributed by atoms with Crippen molar-refractivity contribution in [1.29, 1.82) is 0 Å². The summed E-state index contributed by atoms with van der Waals surface area (Å²) in [4.78, 5) is 2.37. The summed E-state index contributed by atoms with van der Waals surface area (Å²) in [5.41, 5.74) is 8.10. The Balaban J connectivity index is 1.91. The predicted octanol–water partition coefficient (Wildman–Crippen LogP) is 0.727. The van der Waals surface area contributed by atoms with Gasteiger partial charge in [-0.25, -0.2) is 0 Å². The Morgan fingerprint density at radius 2 is 2.06 bits per heavy atom. The van der Waals surface area contributed by atoms with Gasteiger partial charge < -0.3 is 15.6 Å². The van der Waals surface area contributed by atoms with Gasteiger partial charge in [-0.1, -0.05) is 24.3 Å². The maximum absolute atomic E-state index is 9.00. The lowest BCUT2D eigenvalue weighted by atomic mass is 10.1. The number of nitrogens with two attached hydrogens (primary N) is 1. The molecule has 100 valence electrons. The van der Waals surface area contributed by atoms with Gasteiger partial charge in [-0.3, -0.25) is 4.90 Å². The van der Waals surface area contributed by atoms with Crippen LogP contribution in [0.25, 0.3) is 0 Å². The molecule has 3 N–H and O–H groups in total. The number of ether oxygens (including phenoxy) is 1. The molecule has 1 aromatic rings. The molecule has 0 spiro atoms. The average molecular weight is 250 g/mol. The van der Waals surface area contributed by atoms with Gasteiger partial charge in [-0.05, 0) is 18.1 Å². The van der Waals surface area contributed by atoms with Crippen molar-refractivity contribution in [3.8, 4) is 0 Å². The fourth-order valence-electron chi connectivity index (χ4n) is 2.20. The standard InChI is InChI=1S/C14H22N2O2/c1-11(15)14-9-16(6-7-18-14)8-12-2-4-13(10-17)5-3-12/h2-5,11,14,17H,6-10,15H2,1H3. The number of aliphatic hydroxyl groups is 1. The third kappa shape index (κ3) is 3.53. The third-order valence-corrected chi connectivity index (χ3v) is 3.38.